The summed E-state index contributed by atoms with van der Waals surface area (Å²) in [4.78, 5) is 4.22. The molecule has 0 aliphatic rings. The lowest BCUT2D eigenvalue weighted by molar-refractivity contribution is 0.626. The molecule has 0 bridgehead atoms. The Morgan fingerprint density at radius 1 is 1.44 bits per heavy atom. The van der Waals surface area contributed by atoms with Crippen molar-refractivity contribution >= 4 is 5.95 Å². The quantitative estimate of drug-likeness (QED) is 0.860. The van der Waals surface area contributed by atoms with Crippen molar-refractivity contribution in [2.75, 3.05) is 5.73 Å². The average Bonchev–Trinajstić information content (AvgIpc) is 2.58. The molecular weight excluding hydrogens is 205 g/mol. The first-order valence-corrected chi connectivity index (χ1v) is 5.25. The number of rotatable bonds is 3. The van der Waals surface area contributed by atoms with Crippen molar-refractivity contribution in [2.45, 2.75) is 19.9 Å². The van der Waals surface area contributed by atoms with Crippen LogP contribution in [-0.2, 0) is 13.0 Å². The Kier molecular flexibility index (Phi) is 2.90. The van der Waals surface area contributed by atoms with E-state index >= 15 is 0 Å². The molecule has 0 saturated carbocycles. The molecule has 0 saturated heterocycles. The zero-order valence-electron chi connectivity index (χ0n) is 9.15. The Hall–Kier alpha value is -1.84. The van der Waals surface area contributed by atoms with Gasteiger partial charge in [-0.05, 0) is 24.6 Å². The maximum atomic E-state index is 13.0. The van der Waals surface area contributed by atoms with Crippen LogP contribution in [0.1, 0.15) is 18.2 Å². The molecule has 3 nitrogen and oxygen atoms in total. The van der Waals surface area contributed by atoms with E-state index in [1.54, 1.807) is 6.07 Å². The normalized spacial score (nSPS) is 10.6. The van der Waals surface area contributed by atoms with Gasteiger partial charge in [0.1, 0.15) is 5.82 Å². The van der Waals surface area contributed by atoms with Gasteiger partial charge in [-0.2, -0.15) is 0 Å². The standard InChI is InChI=1S/C12H14FN3/c1-2-16-8-11(15-12(16)14)7-9-4-3-5-10(13)6-9/h3-6,8H,2,7H2,1H3,(H2,14,15). The number of hydrogen-bond donors (Lipinski definition) is 1. The summed E-state index contributed by atoms with van der Waals surface area (Å²) in [5.74, 6) is 0.286. The van der Waals surface area contributed by atoms with Gasteiger partial charge in [0.2, 0.25) is 0 Å². The largest absolute Gasteiger partial charge is 0.369 e. The molecule has 1 aromatic heterocycles. The summed E-state index contributed by atoms with van der Waals surface area (Å²) in [5, 5.41) is 0. The molecule has 0 aliphatic heterocycles. The number of aromatic nitrogens is 2. The van der Waals surface area contributed by atoms with Crippen molar-refractivity contribution in [3.8, 4) is 0 Å². The van der Waals surface area contributed by atoms with Crippen LogP contribution in [0.3, 0.4) is 0 Å². The Labute approximate surface area is 93.7 Å². The van der Waals surface area contributed by atoms with Crippen LogP contribution in [0.25, 0.3) is 0 Å². The molecule has 2 aromatic rings. The first-order valence-electron chi connectivity index (χ1n) is 5.25. The number of aryl methyl sites for hydroxylation is 1. The number of imidazole rings is 1. The summed E-state index contributed by atoms with van der Waals surface area (Å²) in [6.07, 6.45) is 2.51. The second-order valence-electron chi connectivity index (χ2n) is 3.68. The lowest BCUT2D eigenvalue weighted by Crippen LogP contribution is -1.98. The van der Waals surface area contributed by atoms with Gasteiger partial charge >= 0.3 is 0 Å². The van der Waals surface area contributed by atoms with Crippen LogP contribution in [0.2, 0.25) is 0 Å². The van der Waals surface area contributed by atoms with Gasteiger partial charge in [0.05, 0.1) is 5.69 Å². The molecule has 0 spiro atoms. The minimum Gasteiger partial charge on any atom is -0.369 e. The maximum Gasteiger partial charge on any atom is 0.200 e. The van der Waals surface area contributed by atoms with Crippen LogP contribution in [0.4, 0.5) is 10.3 Å². The lowest BCUT2D eigenvalue weighted by Gasteiger charge is -1.97. The van der Waals surface area contributed by atoms with E-state index in [2.05, 4.69) is 4.98 Å². The van der Waals surface area contributed by atoms with Crippen molar-refractivity contribution in [3.63, 3.8) is 0 Å². The van der Waals surface area contributed by atoms with Gasteiger partial charge in [-0.15, -0.1) is 0 Å². The first kappa shape index (κ1) is 10.7. The van der Waals surface area contributed by atoms with Crippen molar-refractivity contribution < 1.29 is 4.39 Å². The molecule has 2 N–H and O–H groups in total. The van der Waals surface area contributed by atoms with Crippen LogP contribution in [0.5, 0.6) is 0 Å². The lowest BCUT2D eigenvalue weighted by atomic mass is 10.1. The number of nitrogens with two attached hydrogens (primary N) is 1. The van der Waals surface area contributed by atoms with E-state index in [9.17, 15) is 4.39 Å². The highest BCUT2D eigenvalue weighted by molar-refractivity contribution is 5.27. The first-order chi connectivity index (χ1) is 7.69. The Bertz CT molecular complexity index is 491. The summed E-state index contributed by atoms with van der Waals surface area (Å²) in [6.45, 7) is 2.80. The van der Waals surface area contributed by atoms with Crippen LogP contribution < -0.4 is 5.73 Å². The summed E-state index contributed by atoms with van der Waals surface area (Å²) >= 11 is 0. The number of nitrogen functional groups attached to an aromatic ring is 1. The van der Waals surface area contributed by atoms with E-state index in [1.165, 1.54) is 12.1 Å². The summed E-state index contributed by atoms with van der Waals surface area (Å²) < 4.78 is 14.8. The zero-order chi connectivity index (χ0) is 11.5. The van der Waals surface area contributed by atoms with E-state index in [4.69, 9.17) is 5.73 Å². The van der Waals surface area contributed by atoms with Crippen molar-refractivity contribution in [3.05, 3.63) is 47.5 Å². The molecular formula is C12H14FN3. The van der Waals surface area contributed by atoms with Crippen molar-refractivity contribution in [1.29, 1.82) is 0 Å². The van der Waals surface area contributed by atoms with E-state index in [-0.39, 0.29) is 5.82 Å². The van der Waals surface area contributed by atoms with Gasteiger partial charge in [-0.1, -0.05) is 12.1 Å². The third kappa shape index (κ3) is 2.21. The highest BCUT2D eigenvalue weighted by Crippen LogP contribution is 2.12. The fraction of sp³-hybridized carbons (Fsp3) is 0.250. The van der Waals surface area contributed by atoms with Gasteiger partial charge in [0, 0.05) is 19.2 Å². The molecule has 0 aliphatic carbocycles. The van der Waals surface area contributed by atoms with Gasteiger partial charge in [0.25, 0.3) is 0 Å². The summed E-state index contributed by atoms with van der Waals surface area (Å²) in [6, 6.07) is 6.53. The minimum absolute atomic E-state index is 0.222. The summed E-state index contributed by atoms with van der Waals surface area (Å²) in [7, 11) is 0. The van der Waals surface area contributed by atoms with E-state index in [0.29, 0.717) is 12.4 Å². The number of anilines is 1. The number of hydrogen-bond acceptors (Lipinski definition) is 2. The average molecular weight is 219 g/mol. The SMILES string of the molecule is CCn1cc(Cc2cccc(F)c2)nc1N. The molecule has 0 fully saturated rings. The van der Waals surface area contributed by atoms with Gasteiger partial charge in [-0.3, -0.25) is 0 Å². The van der Waals surface area contributed by atoms with Gasteiger partial charge in [0.15, 0.2) is 5.95 Å². The number of benzene rings is 1. The molecule has 84 valence electrons. The summed E-state index contributed by atoms with van der Waals surface area (Å²) in [5.41, 5.74) is 7.48. The third-order valence-electron chi connectivity index (χ3n) is 2.47. The molecule has 1 heterocycles. The van der Waals surface area contributed by atoms with Crippen LogP contribution in [0, 0.1) is 5.82 Å². The second kappa shape index (κ2) is 4.35. The maximum absolute atomic E-state index is 13.0. The molecule has 0 unspecified atom stereocenters. The monoisotopic (exact) mass is 219 g/mol. The van der Waals surface area contributed by atoms with E-state index in [1.807, 2.05) is 23.8 Å². The van der Waals surface area contributed by atoms with Crippen LogP contribution in [0.15, 0.2) is 30.5 Å². The molecule has 0 radical (unpaired) electrons. The van der Waals surface area contributed by atoms with Crippen molar-refractivity contribution in [2.24, 2.45) is 0 Å². The highest BCUT2D eigenvalue weighted by atomic mass is 19.1. The predicted octanol–water partition coefficient (Wildman–Crippen LogP) is 2.22. The minimum atomic E-state index is -0.222. The predicted molar refractivity (Wildman–Crippen MR) is 61.5 cm³/mol. The van der Waals surface area contributed by atoms with Crippen LogP contribution >= 0.6 is 0 Å². The Morgan fingerprint density at radius 3 is 2.88 bits per heavy atom. The fourth-order valence-corrected chi connectivity index (χ4v) is 1.68. The molecule has 0 amide bonds. The molecule has 4 heteroatoms. The number of halogens is 1. The highest BCUT2D eigenvalue weighted by Gasteiger charge is 2.04. The topological polar surface area (TPSA) is 43.8 Å². The molecule has 1 aromatic carbocycles. The second-order valence-corrected chi connectivity index (χ2v) is 3.68. The van der Waals surface area contributed by atoms with Crippen molar-refractivity contribution in [1.82, 2.24) is 9.55 Å². The molecule has 16 heavy (non-hydrogen) atoms. The zero-order valence-corrected chi connectivity index (χ0v) is 9.15. The van der Waals surface area contributed by atoms with Gasteiger partial charge < -0.3 is 10.3 Å². The van der Waals surface area contributed by atoms with E-state index < -0.39 is 0 Å². The molecule has 2 rings (SSSR count). The van der Waals surface area contributed by atoms with Crippen LogP contribution in [-0.4, -0.2) is 9.55 Å². The van der Waals surface area contributed by atoms with Gasteiger partial charge in [-0.25, -0.2) is 9.37 Å². The third-order valence-corrected chi connectivity index (χ3v) is 2.47. The fourth-order valence-electron chi connectivity index (χ4n) is 1.68. The Balaban J connectivity index is 2.20. The van der Waals surface area contributed by atoms with E-state index in [0.717, 1.165) is 17.8 Å². The Morgan fingerprint density at radius 2 is 2.25 bits per heavy atom. The molecule has 0 atom stereocenters. The smallest absolute Gasteiger partial charge is 0.200 e. The number of nitrogens with zero attached hydrogens (tertiary/aromatic N) is 2.